The Hall–Kier alpha value is -3.29. The van der Waals surface area contributed by atoms with Gasteiger partial charge in [0.1, 0.15) is 11.9 Å². The monoisotopic (exact) mass is 464 g/mol. The molecule has 0 radical (unpaired) electrons. The van der Waals surface area contributed by atoms with E-state index in [-0.39, 0.29) is 18.2 Å². The number of hydrogen-bond donors (Lipinski definition) is 1. The van der Waals surface area contributed by atoms with Gasteiger partial charge in [0.25, 0.3) is 5.91 Å². The first-order chi connectivity index (χ1) is 15.5. The molecule has 2 amide bonds. The molecule has 1 N–H and O–H groups in total. The summed E-state index contributed by atoms with van der Waals surface area (Å²) in [5, 5.41) is 3.81. The number of halogens is 1. The van der Waals surface area contributed by atoms with Gasteiger partial charge in [-0.3, -0.25) is 14.5 Å². The van der Waals surface area contributed by atoms with E-state index in [1.54, 1.807) is 24.4 Å². The molecule has 2 aromatic carbocycles. The van der Waals surface area contributed by atoms with Crippen molar-refractivity contribution in [1.29, 1.82) is 0 Å². The van der Waals surface area contributed by atoms with E-state index in [0.717, 1.165) is 5.56 Å². The molecule has 0 saturated carbocycles. The van der Waals surface area contributed by atoms with E-state index in [9.17, 15) is 9.59 Å². The van der Waals surface area contributed by atoms with Crippen LogP contribution >= 0.6 is 23.8 Å². The lowest BCUT2D eigenvalue weighted by molar-refractivity contribution is -0.124. The Morgan fingerprint density at radius 3 is 2.44 bits per heavy atom. The fourth-order valence-corrected chi connectivity index (χ4v) is 4.15. The van der Waals surface area contributed by atoms with Gasteiger partial charge in [-0.05, 0) is 60.6 Å². The maximum atomic E-state index is 13.4. The van der Waals surface area contributed by atoms with Crippen LogP contribution in [0.25, 0.3) is 0 Å². The zero-order valence-corrected chi connectivity index (χ0v) is 18.7. The van der Waals surface area contributed by atoms with Gasteiger partial charge in [0.05, 0.1) is 12.1 Å². The molecule has 0 bridgehead atoms. The second-order valence-electron chi connectivity index (χ2n) is 7.34. The summed E-state index contributed by atoms with van der Waals surface area (Å²) in [5.74, 6) is -0.0668. The lowest BCUT2D eigenvalue weighted by Gasteiger charge is -2.24. The summed E-state index contributed by atoms with van der Waals surface area (Å²) in [6.45, 7) is 0.497. The summed E-state index contributed by atoms with van der Waals surface area (Å²) in [7, 11) is 0. The molecule has 1 atom stereocenters. The predicted octanol–water partition coefficient (Wildman–Crippen LogP) is 4.31. The molecule has 2 heterocycles. The minimum Gasteiger partial charge on any atom is -0.336 e. The quantitative estimate of drug-likeness (QED) is 0.528. The van der Waals surface area contributed by atoms with Crippen molar-refractivity contribution in [3.05, 3.63) is 89.6 Å². The Morgan fingerprint density at radius 2 is 1.75 bits per heavy atom. The number of nitrogens with zero attached hydrogens (tertiary/aromatic N) is 3. The molecular formula is C24H21ClN4O2S. The molecule has 6 nitrogen and oxygen atoms in total. The summed E-state index contributed by atoms with van der Waals surface area (Å²) in [5.41, 5.74) is 1.76. The van der Waals surface area contributed by atoms with E-state index in [2.05, 4.69) is 10.3 Å². The zero-order valence-electron chi connectivity index (χ0n) is 17.1. The van der Waals surface area contributed by atoms with E-state index in [0.29, 0.717) is 34.6 Å². The highest BCUT2D eigenvalue weighted by molar-refractivity contribution is 7.80. The standard InChI is InChI=1S/C24H21ClN4O2S/c25-18-11-9-17(10-12-18)13-15-28-20(16-22(30)27-21-8-4-5-14-26-21)23(31)29(24(28)32)19-6-2-1-3-7-19/h1-12,14,20H,13,15-16H2,(H,26,27,30). The SMILES string of the molecule is O=C(CC1C(=O)N(c2ccccc2)C(=S)N1CCc1ccc(Cl)cc1)Nc1ccccn1. The summed E-state index contributed by atoms with van der Waals surface area (Å²) < 4.78 is 0. The second kappa shape index (κ2) is 9.89. The highest BCUT2D eigenvalue weighted by Gasteiger charge is 2.43. The van der Waals surface area contributed by atoms with Gasteiger partial charge in [-0.15, -0.1) is 0 Å². The second-order valence-corrected chi connectivity index (χ2v) is 8.15. The van der Waals surface area contributed by atoms with Crippen LogP contribution in [0.4, 0.5) is 11.5 Å². The van der Waals surface area contributed by atoms with Crippen LogP contribution in [0.2, 0.25) is 5.02 Å². The first kappa shape index (κ1) is 21.9. The molecule has 32 heavy (non-hydrogen) atoms. The highest BCUT2D eigenvalue weighted by atomic mass is 35.5. The maximum Gasteiger partial charge on any atom is 0.256 e. The summed E-state index contributed by atoms with van der Waals surface area (Å²) in [4.78, 5) is 33.5. The van der Waals surface area contributed by atoms with Crippen molar-refractivity contribution >= 4 is 52.3 Å². The molecule has 1 saturated heterocycles. The Labute approximate surface area is 196 Å². The number of carbonyl (C=O) groups excluding carboxylic acids is 2. The van der Waals surface area contributed by atoms with E-state index < -0.39 is 6.04 Å². The number of rotatable bonds is 7. The number of thiocarbonyl (C=S) groups is 1. The lowest BCUT2D eigenvalue weighted by atomic mass is 10.1. The van der Waals surface area contributed by atoms with Gasteiger partial charge >= 0.3 is 0 Å². The smallest absolute Gasteiger partial charge is 0.256 e. The summed E-state index contributed by atoms with van der Waals surface area (Å²) in [6.07, 6.45) is 2.23. The number of para-hydroxylation sites is 1. The largest absolute Gasteiger partial charge is 0.336 e. The van der Waals surface area contributed by atoms with Crippen LogP contribution in [0.15, 0.2) is 79.0 Å². The molecule has 1 unspecified atom stereocenters. The number of hydrogen-bond acceptors (Lipinski definition) is 4. The zero-order chi connectivity index (χ0) is 22.5. The van der Waals surface area contributed by atoms with Crippen molar-refractivity contribution in [1.82, 2.24) is 9.88 Å². The van der Waals surface area contributed by atoms with E-state index in [1.807, 2.05) is 59.5 Å². The number of amides is 2. The van der Waals surface area contributed by atoms with Crippen molar-refractivity contribution < 1.29 is 9.59 Å². The molecule has 1 fully saturated rings. The lowest BCUT2D eigenvalue weighted by Crippen LogP contribution is -2.39. The van der Waals surface area contributed by atoms with Crippen LogP contribution in [0.1, 0.15) is 12.0 Å². The van der Waals surface area contributed by atoms with E-state index in [4.69, 9.17) is 23.8 Å². The van der Waals surface area contributed by atoms with Crippen molar-refractivity contribution in [2.45, 2.75) is 18.9 Å². The van der Waals surface area contributed by atoms with Crippen LogP contribution in [0.3, 0.4) is 0 Å². The molecule has 8 heteroatoms. The maximum absolute atomic E-state index is 13.4. The minimum atomic E-state index is -0.696. The molecule has 162 valence electrons. The number of aromatic nitrogens is 1. The number of anilines is 2. The molecule has 4 rings (SSSR count). The van der Waals surface area contributed by atoms with E-state index >= 15 is 0 Å². The number of pyridine rings is 1. The Bertz CT molecular complexity index is 1110. The number of carbonyl (C=O) groups is 2. The third-order valence-corrected chi connectivity index (χ3v) is 5.87. The normalized spacial score (nSPS) is 15.8. The van der Waals surface area contributed by atoms with Gasteiger partial charge in [-0.2, -0.15) is 0 Å². The van der Waals surface area contributed by atoms with Crippen LogP contribution < -0.4 is 10.2 Å². The topological polar surface area (TPSA) is 65.5 Å². The van der Waals surface area contributed by atoms with Crippen molar-refractivity contribution in [3.63, 3.8) is 0 Å². The van der Waals surface area contributed by atoms with Crippen molar-refractivity contribution in [2.24, 2.45) is 0 Å². The van der Waals surface area contributed by atoms with Gasteiger partial charge in [0.15, 0.2) is 5.11 Å². The average molecular weight is 465 g/mol. The van der Waals surface area contributed by atoms with Gasteiger partial charge in [-0.1, -0.05) is 48.0 Å². The molecular weight excluding hydrogens is 444 g/mol. The van der Waals surface area contributed by atoms with Gasteiger partial charge in [0, 0.05) is 17.8 Å². The number of nitrogens with one attached hydrogen (secondary N) is 1. The molecule has 1 aliphatic rings. The fraction of sp³-hybridized carbons (Fsp3) is 0.167. The fourth-order valence-electron chi connectivity index (χ4n) is 3.61. The van der Waals surface area contributed by atoms with Crippen molar-refractivity contribution in [2.75, 3.05) is 16.8 Å². The van der Waals surface area contributed by atoms with Gasteiger partial charge < -0.3 is 10.2 Å². The van der Waals surface area contributed by atoms with Crippen LogP contribution in [0.5, 0.6) is 0 Å². The third kappa shape index (κ3) is 4.95. The molecule has 3 aromatic rings. The Balaban J connectivity index is 1.54. The van der Waals surface area contributed by atoms with Crippen LogP contribution in [-0.2, 0) is 16.0 Å². The Morgan fingerprint density at radius 1 is 1.03 bits per heavy atom. The van der Waals surface area contributed by atoms with Crippen LogP contribution in [0, 0.1) is 0 Å². The number of benzene rings is 2. The summed E-state index contributed by atoms with van der Waals surface area (Å²) >= 11 is 11.7. The van der Waals surface area contributed by atoms with Gasteiger partial charge in [-0.25, -0.2) is 4.98 Å². The minimum absolute atomic E-state index is 0.0283. The average Bonchev–Trinajstić information content (AvgIpc) is 3.03. The predicted molar refractivity (Wildman–Crippen MR) is 130 cm³/mol. The third-order valence-electron chi connectivity index (χ3n) is 5.20. The Kier molecular flexibility index (Phi) is 6.78. The highest BCUT2D eigenvalue weighted by Crippen LogP contribution is 2.27. The molecule has 1 aliphatic heterocycles. The van der Waals surface area contributed by atoms with Crippen LogP contribution in [-0.4, -0.2) is 39.4 Å². The van der Waals surface area contributed by atoms with Gasteiger partial charge in [0.2, 0.25) is 5.91 Å². The first-order valence-corrected chi connectivity index (χ1v) is 11.0. The molecule has 0 spiro atoms. The van der Waals surface area contributed by atoms with E-state index in [1.165, 1.54) is 4.90 Å². The first-order valence-electron chi connectivity index (χ1n) is 10.2. The van der Waals surface area contributed by atoms with Crippen molar-refractivity contribution in [3.8, 4) is 0 Å². The summed E-state index contributed by atoms with van der Waals surface area (Å²) in [6, 6.07) is 21.4. The molecule has 0 aliphatic carbocycles. The molecule has 1 aromatic heterocycles.